The van der Waals surface area contributed by atoms with E-state index in [2.05, 4.69) is 0 Å². The third kappa shape index (κ3) is 3.63. The van der Waals surface area contributed by atoms with Gasteiger partial charge in [-0.25, -0.2) is 4.79 Å². The number of aryl methyl sites for hydroxylation is 2. The van der Waals surface area contributed by atoms with Crippen molar-refractivity contribution in [1.82, 2.24) is 0 Å². The van der Waals surface area contributed by atoms with Crippen LogP contribution in [0.5, 0.6) is 5.75 Å². The molecule has 0 bridgehead atoms. The summed E-state index contributed by atoms with van der Waals surface area (Å²) in [4.78, 5) is 11.4. The number of fused-ring (bicyclic) bond motifs is 1. The summed E-state index contributed by atoms with van der Waals surface area (Å²) in [5.41, 5.74) is 1.35. The Labute approximate surface area is 146 Å². The van der Waals surface area contributed by atoms with Crippen molar-refractivity contribution in [3.8, 4) is 5.75 Å². The van der Waals surface area contributed by atoms with E-state index in [1.54, 1.807) is 31.2 Å². The third-order valence-electron chi connectivity index (χ3n) is 3.43. The summed E-state index contributed by atoms with van der Waals surface area (Å²) in [6, 6.07) is 12.4. The van der Waals surface area contributed by atoms with Crippen LogP contribution in [0.3, 0.4) is 0 Å². The molecule has 0 aliphatic heterocycles. The SMILES string of the molecule is Cc1ccc(S(=O)(=O)Oc2cc3oc(=O)ccc3cc2C)cc1.S. The number of hydrogen-bond donors (Lipinski definition) is 0. The van der Waals surface area contributed by atoms with Gasteiger partial charge in [0.05, 0.1) is 0 Å². The Hall–Kier alpha value is -2.25. The van der Waals surface area contributed by atoms with Crippen molar-refractivity contribution < 1.29 is 17.0 Å². The molecule has 0 aliphatic carbocycles. The minimum atomic E-state index is -3.95. The Morgan fingerprint density at radius 1 is 0.958 bits per heavy atom. The molecule has 24 heavy (non-hydrogen) atoms. The van der Waals surface area contributed by atoms with E-state index in [9.17, 15) is 13.2 Å². The summed E-state index contributed by atoms with van der Waals surface area (Å²) in [6.07, 6.45) is 0. The molecular weight excluding hydrogens is 348 g/mol. The largest absolute Gasteiger partial charge is 0.423 e. The highest BCUT2D eigenvalue weighted by molar-refractivity contribution is 7.87. The molecular formula is C17H16O5S2. The minimum absolute atomic E-state index is 0. The van der Waals surface area contributed by atoms with E-state index in [1.807, 2.05) is 6.92 Å². The molecule has 5 nitrogen and oxygen atoms in total. The van der Waals surface area contributed by atoms with Crippen molar-refractivity contribution in [1.29, 1.82) is 0 Å². The predicted octanol–water partition coefficient (Wildman–Crippen LogP) is 3.29. The molecule has 0 amide bonds. The van der Waals surface area contributed by atoms with Gasteiger partial charge in [-0.1, -0.05) is 17.7 Å². The third-order valence-corrected chi connectivity index (χ3v) is 4.67. The maximum absolute atomic E-state index is 12.4. The first-order chi connectivity index (χ1) is 10.8. The zero-order chi connectivity index (χ0) is 16.6. The zero-order valence-corrected chi connectivity index (χ0v) is 14.9. The van der Waals surface area contributed by atoms with E-state index in [0.717, 1.165) is 5.56 Å². The van der Waals surface area contributed by atoms with Crippen LogP contribution in [0.25, 0.3) is 11.0 Å². The first-order valence-corrected chi connectivity index (χ1v) is 8.32. The topological polar surface area (TPSA) is 73.6 Å². The van der Waals surface area contributed by atoms with Crippen LogP contribution in [0.2, 0.25) is 0 Å². The second kappa shape index (κ2) is 6.70. The molecule has 0 spiro atoms. The molecule has 2 aromatic carbocycles. The molecule has 0 saturated carbocycles. The number of benzene rings is 2. The molecule has 0 unspecified atom stereocenters. The standard InChI is InChI=1S/C17H14O5S.H2S/c1-11-3-6-14(7-4-11)23(19,20)22-15-10-16-13(9-12(15)2)5-8-17(18)21-16;/h3-10H,1-2H3;1H2. The normalized spacial score (nSPS) is 11.1. The van der Waals surface area contributed by atoms with E-state index in [4.69, 9.17) is 8.60 Å². The van der Waals surface area contributed by atoms with Gasteiger partial charge in [0.1, 0.15) is 16.2 Å². The Kier molecular flexibility index (Phi) is 5.05. The van der Waals surface area contributed by atoms with E-state index >= 15 is 0 Å². The number of rotatable bonds is 3. The molecule has 0 fully saturated rings. The van der Waals surface area contributed by atoms with Crippen molar-refractivity contribution in [3.63, 3.8) is 0 Å². The summed E-state index contributed by atoms with van der Waals surface area (Å²) < 4.78 is 35.0. The lowest BCUT2D eigenvalue weighted by atomic mass is 10.1. The van der Waals surface area contributed by atoms with Crippen LogP contribution in [0.15, 0.2) is 62.6 Å². The zero-order valence-electron chi connectivity index (χ0n) is 13.1. The monoisotopic (exact) mass is 364 g/mol. The molecule has 0 atom stereocenters. The van der Waals surface area contributed by atoms with Crippen LogP contribution in [0, 0.1) is 13.8 Å². The highest BCUT2D eigenvalue weighted by Gasteiger charge is 2.18. The van der Waals surface area contributed by atoms with Crippen molar-refractivity contribution in [3.05, 3.63) is 70.1 Å². The lowest BCUT2D eigenvalue weighted by Gasteiger charge is -2.10. The van der Waals surface area contributed by atoms with Crippen molar-refractivity contribution in [2.24, 2.45) is 0 Å². The van der Waals surface area contributed by atoms with Crippen molar-refractivity contribution in [2.75, 3.05) is 0 Å². The van der Waals surface area contributed by atoms with Gasteiger partial charge in [-0.2, -0.15) is 21.9 Å². The van der Waals surface area contributed by atoms with Gasteiger partial charge in [0.25, 0.3) is 0 Å². The van der Waals surface area contributed by atoms with E-state index in [-0.39, 0.29) is 29.7 Å². The fourth-order valence-electron chi connectivity index (χ4n) is 2.17. The summed E-state index contributed by atoms with van der Waals surface area (Å²) in [6.45, 7) is 3.59. The van der Waals surface area contributed by atoms with Crippen molar-refractivity contribution >= 4 is 34.6 Å². The lowest BCUT2D eigenvalue weighted by molar-refractivity contribution is 0.483. The Balaban J connectivity index is 0.00000208. The van der Waals surface area contributed by atoms with Gasteiger partial charge in [-0.05, 0) is 43.7 Å². The van der Waals surface area contributed by atoms with Gasteiger partial charge in [0, 0.05) is 17.5 Å². The van der Waals surface area contributed by atoms with Gasteiger partial charge in [-0.3, -0.25) is 0 Å². The van der Waals surface area contributed by atoms with Gasteiger partial charge < -0.3 is 8.60 Å². The van der Waals surface area contributed by atoms with Gasteiger partial charge in [-0.15, -0.1) is 0 Å². The van der Waals surface area contributed by atoms with Crippen LogP contribution < -0.4 is 9.81 Å². The van der Waals surface area contributed by atoms with Crippen LogP contribution in [-0.2, 0) is 10.1 Å². The Morgan fingerprint density at radius 2 is 1.62 bits per heavy atom. The maximum Gasteiger partial charge on any atom is 0.339 e. The van der Waals surface area contributed by atoms with Gasteiger partial charge >= 0.3 is 15.7 Å². The average Bonchev–Trinajstić information content (AvgIpc) is 2.49. The fraction of sp³-hybridized carbons (Fsp3) is 0.118. The van der Waals surface area contributed by atoms with E-state index < -0.39 is 15.7 Å². The summed E-state index contributed by atoms with van der Waals surface area (Å²) in [5, 5.41) is 0.696. The Morgan fingerprint density at radius 3 is 2.29 bits per heavy atom. The van der Waals surface area contributed by atoms with Gasteiger partial charge in [0.15, 0.2) is 0 Å². The molecule has 0 radical (unpaired) electrons. The van der Waals surface area contributed by atoms with E-state index in [0.29, 0.717) is 10.9 Å². The molecule has 3 rings (SSSR count). The maximum atomic E-state index is 12.4. The second-order valence-corrected chi connectivity index (χ2v) is 6.81. The van der Waals surface area contributed by atoms with Crippen molar-refractivity contribution in [2.45, 2.75) is 18.7 Å². The minimum Gasteiger partial charge on any atom is -0.423 e. The molecule has 3 aromatic rings. The fourth-order valence-corrected chi connectivity index (χ4v) is 3.15. The molecule has 0 N–H and O–H groups in total. The van der Waals surface area contributed by atoms with Crippen LogP contribution in [0.1, 0.15) is 11.1 Å². The van der Waals surface area contributed by atoms with Gasteiger partial charge in [0.2, 0.25) is 0 Å². The molecule has 7 heteroatoms. The molecule has 126 valence electrons. The first kappa shape index (κ1) is 18.1. The van der Waals surface area contributed by atoms with Crippen LogP contribution >= 0.6 is 13.5 Å². The second-order valence-electron chi connectivity index (χ2n) is 5.26. The van der Waals surface area contributed by atoms with Crippen LogP contribution in [-0.4, -0.2) is 8.42 Å². The summed E-state index contributed by atoms with van der Waals surface area (Å²) in [5.74, 6) is 0.132. The van der Waals surface area contributed by atoms with Crippen LogP contribution in [0.4, 0.5) is 0 Å². The quantitative estimate of drug-likeness (QED) is 0.527. The van der Waals surface area contributed by atoms with E-state index in [1.165, 1.54) is 24.3 Å². The average molecular weight is 364 g/mol. The Bertz CT molecular complexity index is 1030. The molecule has 1 aromatic heterocycles. The highest BCUT2D eigenvalue weighted by atomic mass is 32.2. The molecule has 1 heterocycles. The summed E-state index contributed by atoms with van der Waals surface area (Å²) in [7, 11) is -3.95. The highest BCUT2D eigenvalue weighted by Crippen LogP contribution is 2.27. The molecule has 0 aliphatic rings. The smallest absolute Gasteiger partial charge is 0.339 e. The summed E-state index contributed by atoms with van der Waals surface area (Å²) >= 11 is 0. The number of hydrogen-bond acceptors (Lipinski definition) is 5. The first-order valence-electron chi connectivity index (χ1n) is 6.91. The predicted molar refractivity (Wildman–Crippen MR) is 96.6 cm³/mol. The lowest BCUT2D eigenvalue weighted by Crippen LogP contribution is -2.10. The molecule has 0 saturated heterocycles.